The van der Waals surface area contributed by atoms with Crippen LogP contribution in [0.15, 0.2) is 18.2 Å². The Labute approximate surface area is 108 Å². The van der Waals surface area contributed by atoms with E-state index in [-0.39, 0.29) is 12.1 Å². The van der Waals surface area contributed by atoms with Crippen molar-refractivity contribution in [3.8, 4) is 5.75 Å². The molecule has 3 heteroatoms. The van der Waals surface area contributed by atoms with Crippen LogP contribution in [0.25, 0.3) is 0 Å². The number of fused-ring (bicyclic) bond motifs is 1. The molecule has 1 aromatic rings. The molecule has 0 radical (unpaired) electrons. The van der Waals surface area contributed by atoms with Gasteiger partial charge in [0.15, 0.2) is 0 Å². The van der Waals surface area contributed by atoms with Crippen LogP contribution < -0.4 is 10.1 Å². The summed E-state index contributed by atoms with van der Waals surface area (Å²) in [5.41, 5.74) is 2.33. The maximum absolute atomic E-state index is 10.2. The molecule has 2 atom stereocenters. The molecule has 3 rings (SSSR count). The van der Waals surface area contributed by atoms with E-state index in [9.17, 15) is 5.11 Å². The van der Waals surface area contributed by atoms with E-state index >= 15 is 0 Å². The van der Waals surface area contributed by atoms with Gasteiger partial charge in [-0.15, -0.1) is 0 Å². The first kappa shape index (κ1) is 11.8. The van der Waals surface area contributed by atoms with Gasteiger partial charge >= 0.3 is 0 Å². The maximum atomic E-state index is 10.2. The molecule has 98 valence electrons. The Kier molecular flexibility index (Phi) is 3.16. The van der Waals surface area contributed by atoms with Crippen LogP contribution in [0, 0.1) is 5.92 Å². The molecule has 1 aromatic carbocycles. The number of hydrogen-bond donors (Lipinski definition) is 2. The summed E-state index contributed by atoms with van der Waals surface area (Å²) in [7, 11) is 0. The Bertz CT molecular complexity index is 429. The van der Waals surface area contributed by atoms with Gasteiger partial charge in [0.05, 0.1) is 18.8 Å². The quantitative estimate of drug-likeness (QED) is 0.859. The highest BCUT2D eigenvalue weighted by atomic mass is 16.5. The lowest BCUT2D eigenvalue weighted by Crippen LogP contribution is -2.39. The first-order valence-corrected chi connectivity index (χ1v) is 6.96. The summed E-state index contributed by atoms with van der Waals surface area (Å²) in [6.07, 6.45) is 4.24. The summed E-state index contributed by atoms with van der Waals surface area (Å²) in [4.78, 5) is 0. The van der Waals surface area contributed by atoms with Crippen molar-refractivity contribution in [3.05, 3.63) is 23.8 Å². The molecule has 2 aliphatic rings. The van der Waals surface area contributed by atoms with Crippen LogP contribution in [0.3, 0.4) is 0 Å². The summed E-state index contributed by atoms with van der Waals surface area (Å²) in [5.74, 6) is 1.73. The van der Waals surface area contributed by atoms with Crippen molar-refractivity contribution in [2.24, 2.45) is 5.92 Å². The van der Waals surface area contributed by atoms with Crippen molar-refractivity contribution < 1.29 is 9.84 Å². The van der Waals surface area contributed by atoms with E-state index in [1.165, 1.54) is 18.4 Å². The molecule has 18 heavy (non-hydrogen) atoms. The van der Waals surface area contributed by atoms with Crippen molar-refractivity contribution in [2.75, 3.05) is 11.9 Å². The predicted molar refractivity (Wildman–Crippen MR) is 72.1 cm³/mol. The molecule has 1 aliphatic heterocycles. The van der Waals surface area contributed by atoms with Crippen LogP contribution in [0.5, 0.6) is 5.75 Å². The molecule has 2 unspecified atom stereocenters. The van der Waals surface area contributed by atoms with E-state index in [2.05, 4.69) is 11.4 Å². The minimum Gasteiger partial charge on any atom is -0.494 e. The van der Waals surface area contributed by atoms with Gasteiger partial charge in [-0.2, -0.15) is 0 Å². The molecule has 1 fully saturated rings. The summed E-state index contributed by atoms with van der Waals surface area (Å²) >= 11 is 0. The Balaban J connectivity index is 1.75. The number of anilines is 1. The molecule has 2 N–H and O–H groups in total. The zero-order valence-corrected chi connectivity index (χ0v) is 10.9. The average molecular weight is 247 g/mol. The molecule has 1 saturated carbocycles. The van der Waals surface area contributed by atoms with Crippen LogP contribution in [0.2, 0.25) is 0 Å². The summed E-state index contributed by atoms with van der Waals surface area (Å²) in [6.45, 7) is 2.66. The van der Waals surface area contributed by atoms with E-state index in [1.807, 2.05) is 19.1 Å². The van der Waals surface area contributed by atoms with Crippen LogP contribution in [-0.4, -0.2) is 23.9 Å². The van der Waals surface area contributed by atoms with Gasteiger partial charge < -0.3 is 15.2 Å². The molecular formula is C15H21NO2. The highest BCUT2D eigenvalue weighted by molar-refractivity contribution is 5.57. The van der Waals surface area contributed by atoms with Crippen LogP contribution in [-0.2, 0) is 6.42 Å². The fourth-order valence-electron chi connectivity index (χ4n) is 2.73. The third-order valence-electron chi connectivity index (χ3n) is 3.91. The number of aliphatic hydroxyl groups is 1. The van der Waals surface area contributed by atoms with Crippen LogP contribution >= 0.6 is 0 Å². The Hall–Kier alpha value is -1.22. The third kappa shape index (κ3) is 2.46. The summed E-state index contributed by atoms with van der Waals surface area (Å²) in [5, 5.41) is 13.7. The Morgan fingerprint density at radius 3 is 2.94 bits per heavy atom. The van der Waals surface area contributed by atoms with Gasteiger partial charge in [-0.3, -0.25) is 0 Å². The van der Waals surface area contributed by atoms with Crippen molar-refractivity contribution in [1.29, 1.82) is 0 Å². The molecule has 0 aromatic heterocycles. The number of hydrogen-bond acceptors (Lipinski definition) is 3. The Morgan fingerprint density at radius 1 is 1.39 bits per heavy atom. The molecule has 0 amide bonds. The van der Waals surface area contributed by atoms with Crippen molar-refractivity contribution in [1.82, 2.24) is 0 Å². The standard InChI is InChI=1S/C15H21NO2/c1-2-18-12-5-6-13-11(8-12)9-15(17)14(16-13)7-10-3-4-10/h5-6,8,10,14-17H,2-4,7,9H2,1H3. The second kappa shape index (κ2) is 4.81. The molecule has 0 saturated heterocycles. The minimum atomic E-state index is -0.269. The van der Waals surface area contributed by atoms with E-state index in [0.717, 1.165) is 30.2 Å². The molecule has 1 heterocycles. The average Bonchev–Trinajstić information content (AvgIpc) is 3.15. The van der Waals surface area contributed by atoms with E-state index in [0.29, 0.717) is 6.61 Å². The highest BCUT2D eigenvalue weighted by Crippen LogP contribution is 2.37. The SMILES string of the molecule is CCOc1ccc2c(c1)CC(O)C(CC1CC1)N2. The summed E-state index contributed by atoms with van der Waals surface area (Å²) in [6, 6.07) is 6.35. The number of aliphatic hydroxyl groups excluding tert-OH is 1. The number of benzene rings is 1. The summed E-state index contributed by atoms with van der Waals surface area (Å²) < 4.78 is 5.50. The fourth-order valence-corrected chi connectivity index (χ4v) is 2.73. The Morgan fingerprint density at radius 2 is 2.22 bits per heavy atom. The normalized spacial score (nSPS) is 26.3. The second-order valence-corrected chi connectivity index (χ2v) is 5.45. The van der Waals surface area contributed by atoms with Crippen LogP contribution in [0.1, 0.15) is 31.7 Å². The van der Waals surface area contributed by atoms with E-state index in [1.54, 1.807) is 0 Å². The zero-order chi connectivity index (χ0) is 12.5. The lowest BCUT2D eigenvalue weighted by molar-refractivity contribution is 0.141. The van der Waals surface area contributed by atoms with E-state index in [4.69, 9.17) is 4.74 Å². The first-order valence-electron chi connectivity index (χ1n) is 6.96. The highest BCUT2D eigenvalue weighted by Gasteiger charge is 2.32. The smallest absolute Gasteiger partial charge is 0.119 e. The molecule has 0 spiro atoms. The number of nitrogens with one attached hydrogen (secondary N) is 1. The molecular weight excluding hydrogens is 226 g/mol. The van der Waals surface area contributed by atoms with Gasteiger partial charge in [0.1, 0.15) is 5.75 Å². The van der Waals surface area contributed by atoms with Gasteiger partial charge in [0.2, 0.25) is 0 Å². The molecule has 1 aliphatic carbocycles. The number of rotatable bonds is 4. The first-order chi connectivity index (χ1) is 8.76. The lowest BCUT2D eigenvalue weighted by Gasteiger charge is -2.32. The number of ether oxygens (including phenoxy) is 1. The predicted octanol–water partition coefficient (Wildman–Crippen LogP) is 2.58. The fraction of sp³-hybridized carbons (Fsp3) is 0.600. The van der Waals surface area contributed by atoms with Crippen molar-refractivity contribution >= 4 is 5.69 Å². The minimum absolute atomic E-state index is 0.225. The van der Waals surface area contributed by atoms with Crippen LogP contribution in [0.4, 0.5) is 5.69 Å². The van der Waals surface area contributed by atoms with Gasteiger partial charge in [-0.05, 0) is 43.0 Å². The van der Waals surface area contributed by atoms with E-state index < -0.39 is 0 Å². The molecule has 0 bridgehead atoms. The van der Waals surface area contributed by atoms with Crippen molar-refractivity contribution in [3.63, 3.8) is 0 Å². The second-order valence-electron chi connectivity index (χ2n) is 5.45. The van der Waals surface area contributed by atoms with Gasteiger partial charge in [-0.25, -0.2) is 0 Å². The van der Waals surface area contributed by atoms with Gasteiger partial charge in [-0.1, -0.05) is 12.8 Å². The largest absolute Gasteiger partial charge is 0.494 e. The van der Waals surface area contributed by atoms with Gasteiger partial charge in [0.25, 0.3) is 0 Å². The molecule has 3 nitrogen and oxygen atoms in total. The lowest BCUT2D eigenvalue weighted by atomic mass is 9.92. The third-order valence-corrected chi connectivity index (χ3v) is 3.91. The van der Waals surface area contributed by atoms with Crippen molar-refractivity contribution in [2.45, 2.75) is 44.8 Å². The maximum Gasteiger partial charge on any atom is 0.119 e. The monoisotopic (exact) mass is 247 g/mol. The van der Waals surface area contributed by atoms with Gasteiger partial charge in [0, 0.05) is 12.1 Å². The topological polar surface area (TPSA) is 41.5 Å². The zero-order valence-electron chi connectivity index (χ0n) is 10.9.